The quantitative estimate of drug-likeness (QED) is 0.481. The van der Waals surface area contributed by atoms with Crippen molar-refractivity contribution in [3.8, 4) is 0 Å². The Morgan fingerprint density at radius 1 is 1.25 bits per heavy atom. The number of aromatic amines is 1. The van der Waals surface area contributed by atoms with Crippen LogP contribution < -0.4 is 0 Å². The Kier molecular flexibility index (Phi) is 5.58. The van der Waals surface area contributed by atoms with Gasteiger partial charge in [0.1, 0.15) is 6.04 Å². The number of pyridine rings is 1. The van der Waals surface area contributed by atoms with E-state index in [2.05, 4.69) is 9.97 Å². The lowest BCUT2D eigenvalue weighted by Crippen LogP contribution is -2.59. The summed E-state index contributed by atoms with van der Waals surface area (Å²) in [4.78, 5) is 38.1. The number of amides is 2. The molecular weight excluding hydrogens is 448 g/mol. The van der Waals surface area contributed by atoms with Crippen LogP contribution in [0.2, 0.25) is 5.02 Å². The number of nitrogens with one attached hydrogen (secondary N) is 1. The highest BCUT2D eigenvalue weighted by Crippen LogP contribution is 2.30. The minimum atomic E-state index is -0.666. The maximum absolute atomic E-state index is 13.3. The smallest absolute Gasteiger partial charge is 0.264 e. The second kappa shape index (κ2) is 8.54. The summed E-state index contributed by atoms with van der Waals surface area (Å²) in [5, 5.41) is 2.60. The summed E-state index contributed by atoms with van der Waals surface area (Å²) in [6, 6.07) is 10.7. The third kappa shape index (κ3) is 3.85. The highest BCUT2D eigenvalue weighted by Gasteiger charge is 2.38. The molecule has 2 amide bonds. The highest BCUT2D eigenvalue weighted by atomic mass is 35.5. The maximum atomic E-state index is 13.3. The Hall–Kier alpha value is -2.94. The summed E-state index contributed by atoms with van der Waals surface area (Å²) in [6.07, 6.45) is 3.52. The zero-order valence-corrected chi connectivity index (χ0v) is 18.9. The van der Waals surface area contributed by atoms with Crippen LogP contribution >= 0.6 is 22.9 Å². The summed E-state index contributed by atoms with van der Waals surface area (Å²) in [5.41, 5.74) is 1.91. The van der Waals surface area contributed by atoms with Crippen molar-refractivity contribution < 1.29 is 14.3 Å². The molecule has 1 aromatic carbocycles. The number of hydrogen-bond donors (Lipinski definition) is 1. The number of nitrogens with zero attached hydrogens (tertiary/aromatic N) is 3. The molecule has 0 spiro atoms. The molecule has 1 saturated heterocycles. The SMILES string of the molecule is COC[C@H]1C(=O)N(Cc2cc3cnccc3[nH]2)CCN1C(=O)c1cc2ccc(Cl)cc2s1. The van der Waals surface area contributed by atoms with Gasteiger partial charge >= 0.3 is 0 Å². The molecule has 1 aliphatic heterocycles. The highest BCUT2D eigenvalue weighted by molar-refractivity contribution is 7.20. The molecule has 32 heavy (non-hydrogen) atoms. The molecule has 0 bridgehead atoms. The molecule has 4 aromatic rings. The lowest BCUT2D eigenvalue weighted by molar-refractivity contribution is -0.143. The van der Waals surface area contributed by atoms with E-state index in [-0.39, 0.29) is 18.4 Å². The Morgan fingerprint density at radius 2 is 2.12 bits per heavy atom. The summed E-state index contributed by atoms with van der Waals surface area (Å²) in [7, 11) is 1.54. The lowest BCUT2D eigenvalue weighted by Gasteiger charge is -2.40. The van der Waals surface area contributed by atoms with Crippen molar-refractivity contribution >= 4 is 55.7 Å². The van der Waals surface area contributed by atoms with Gasteiger partial charge in [-0.05, 0) is 35.7 Å². The van der Waals surface area contributed by atoms with Crippen LogP contribution in [-0.4, -0.2) is 64.4 Å². The second-order valence-electron chi connectivity index (χ2n) is 7.78. The van der Waals surface area contributed by atoms with Crippen molar-refractivity contribution in [2.24, 2.45) is 0 Å². The number of hydrogen-bond acceptors (Lipinski definition) is 5. The number of methoxy groups -OCH3 is 1. The fourth-order valence-corrected chi connectivity index (χ4v) is 5.43. The van der Waals surface area contributed by atoms with Crippen LogP contribution in [-0.2, 0) is 16.1 Å². The van der Waals surface area contributed by atoms with Crippen LogP contribution in [0.25, 0.3) is 21.0 Å². The number of H-pyrrole nitrogens is 1. The topological polar surface area (TPSA) is 78.5 Å². The van der Waals surface area contributed by atoms with Gasteiger partial charge in [-0.2, -0.15) is 0 Å². The fourth-order valence-electron chi connectivity index (χ4n) is 4.13. The number of carbonyl (C=O) groups excluding carboxylic acids is 2. The molecule has 3 aromatic heterocycles. The predicted molar refractivity (Wildman–Crippen MR) is 125 cm³/mol. The largest absolute Gasteiger partial charge is 0.382 e. The standard InChI is InChI=1S/C23H21ClN4O3S/c1-31-13-19-22(29)27(12-17-8-15-11-25-5-4-18(15)26-17)6-7-28(19)23(30)21-9-14-2-3-16(24)10-20(14)32-21/h2-5,8-11,19,26H,6-7,12-13H2,1H3/t19-/m0/s1. The summed E-state index contributed by atoms with van der Waals surface area (Å²) >= 11 is 7.47. The first-order valence-corrected chi connectivity index (χ1v) is 11.4. The van der Waals surface area contributed by atoms with Crippen LogP contribution in [0.1, 0.15) is 15.4 Å². The molecule has 5 rings (SSSR count). The van der Waals surface area contributed by atoms with E-state index in [1.807, 2.05) is 30.3 Å². The second-order valence-corrected chi connectivity index (χ2v) is 9.30. The number of rotatable bonds is 5. The number of benzene rings is 1. The first kappa shape index (κ1) is 20.9. The number of halogens is 1. The van der Waals surface area contributed by atoms with Gasteiger partial charge in [0.25, 0.3) is 5.91 Å². The zero-order chi connectivity index (χ0) is 22.2. The van der Waals surface area contributed by atoms with Gasteiger partial charge in [-0.3, -0.25) is 14.6 Å². The molecule has 1 atom stereocenters. The molecule has 164 valence electrons. The fraction of sp³-hybridized carbons (Fsp3) is 0.261. The third-order valence-corrected chi connectivity index (χ3v) is 7.02. The number of fused-ring (bicyclic) bond motifs is 2. The third-order valence-electron chi connectivity index (χ3n) is 5.70. The van der Waals surface area contributed by atoms with Crippen molar-refractivity contribution in [1.29, 1.82) is 0 Å². The van der Waals surface area contributed by atoms with Gasteiger partial charge in [0.15, 0.2) is 0 Å². The summed E-state index contributed by atoms with van der Waals surface area (Å²) in [5.74, 6) is -0.276. The van der Waals surface area contributed by atoms with E-state index < -0.39 is 6.04 Å². The van der Waals surface area contributed by atoms with Gasteiger partial charge in [-0.25, -0.2) is 0 Å². The Balaban J connectivity index is 1.37. The summed E-state index contributed by atoms with van der Waals surface area (Å²) < 4.78 is 6.26. The summed E-state index contributed by atoms with van der Waals surface area (Å²) in [6.45, 7) is 1.48. The minimum Gasteiger partial charge on any atom is -0.382 e. The number of thiophene rings is 1. The van der Waals surface area contributed by atoms with Crippen molar-refractivity contribution in [2.45, 2.75) is 12.6 Å². The maximum Gasteiger partial charge on any atom is 0.264 e. The van der Waals surface area contributed by atoms with Gasteiger partial charge in [0.05, 0.1) is 18.0 Å². The van der Waals surface area contributed by atoms with Crippen LogP contribution in [0, 0.1) is 0 Å². The Morgan fingerprint density at radius 3 is 2.94 bits per heavy atom. The molecule has 0 saturated carbocycles. The van der Waals surface area contributed by atoms with E-state index in [0.717, 1.165) is 26.7 Å². The number of aromatic nitrogens is 2. The first-order valence-electron chi connectivity index (χ1n) is 10.2. The molecule has 0 aliphatic carbocycles. The van der Waals surface area contributed by atoms with Crippen molar-refractivity contribution in [2.75, 3.05) is 26.8 Å². The van der Waals surface area contributed by atoms with Crippen LogP contribution in [0.5, 0.6) is 0 Å². The van der Waals surface area contributed by atoms with E-state index in [4.69, 9.17) is 16.3 Å². The van der Waals surface area contributed by atoms with E-state index in [9.17, 15) is 9.59 Å². The number of ether oxygens (including phenoxy) is 1. The first-order chi connectivity index (χ1) is 15.5. The molecule has 1 aliphatic rings. The Labute approximate surface area is 193 Å². The lowest BCUT2D eigenvalue weighted by atomic mass is 10.1. The molecule has 4 heterocycles. The zero-order valence-electron chi connectivity index (χ0n) is 17.4. The minimum absolute atomic E-state index is 0.118. The predicted octanol–water partition coefficient (Wildman–Crippen LogP) is 3.93. The van der Waals surface area contributed by atoms with Crippen molar-refractivity contribution in [3.05, 3.63) is 64.4 Å². The normalized spacial score (nSPS) is 16.9. The van der Waals surface area contributed by atoms with Gasteiger partial charge in [0, 0.05) is 58.9 Å². The van der Waals surface area contributed by atoms with Crippen LogP contribution in [0.3, 0.4) is 0 Å². The van der Waals surface area contributed by atoms with Crippen LogP contribution in [0.4, 0.5) is 0 Å². The van der Waals surface area contributed by atoms with Crippen molar-refractivity contribution in [1.82, 2.24) is 19.8 Å². The molecule has 0 radical (unpaired) electrons. The average Bonchev–Trinajstić information content (AvgIpc) is 3.39. The number of carbonyl (C=O) groups is 2. The molecule has 7 nitrogen and oxygen atoms in total. The van der Waals surface area contributed by atoms with Gasteiger partial charge in [-0.15, -0.1) is 11.3 Å². The molecule has 9 heteroatoms. The van der Waals surface area contributed by atoms with E-state index in [1.54, 1.807) is 35.4 Å². The average molecular weight is 469 g/mol. The van der Waals surface area contributed by atoms with Gasteiger partial charge in [-0.1, -0.05) is 17.7 Å². The molecule has 1 N–H and O–H groups in total. The molecule has 1 fully saturated rings. The van der Waals surface area contributed by atoms with Gasteiger partial charge < -0.3 is 19.5 Å². The van der Waals surface area contributed by atoms with Crippen molar-refractivity contribution in [3.63, 3.8) is 0 Å². The number of piperazine rings is 1. The monoisotopic (exact) mass is 468 g/mol. The van der Waals surface area contributed by atoms with E-state index >= 15 is 0 Å². The molecular formula is C23H21ClN4O3S. The van der Waals surface area contributed by atoms with E-state index in [1.165, 1.54) is 11.3 Å². The van der Waals surface area contributed by atoms with Crippen LogP contribution in [0.15, 0.2) is 48.8 Å². The molecule has 0 unspecified atom stereocenters. The van der Waals surface area contributed by atoms with E-state index in [0.29, 0.717) is 29.5 Å². The Bertz CT molecular complexity index is 1280. The van der Waals surface area contributed by atoms with Gasteiger partial charge in [0.2, 0.25) is 5.91 Å².